The summed E-state index contributed by atoms with van der Waals surface area (Å²) in [7, 11) is 0. The molecule has 4 heteroatoms. The van der Waals surface area contributed by atoms with E-state index in [1.807, 2.05) is 0 Å². The minimum absolute atomic E-state index is 0.0614. The van der Waals surface area contributed by atoms with Crippen LogP contribution in [-0.4, -0.2) is 6.54 Å². The maximum Gasteiger partial charge on any atom is 0.134 e. The van der Waals surface area contributed by atoms with E-state index in [4.69, 9.17) is 5.73 Å². The summed E-state index contributed by atoms with van der Waals surface area (Å²) in [4.78, 5) is 0. The standard InChI is InChI=1S/C9H8BrF2N/c10-6-4-8(11)7(2-1-3-13)9(12)5-6/h1-2,4-5H,3,13H2. The van der Waals surface area contributed by atoms with E-state index >= 15 is 0 Å². The van der Waals surface area contributed by atoms with Crippen molar-refractivity contribution in [1.29, 1.82) is 0 Å². The number of hydrogen-bond donors (Lipinski definition) is 1. The fourth-order valence-electron chi connectivity index (χ4n) is 0.898. The van der Waals surface area contributed by atoms with Gasteiger partial charge < -0.3 is 5.73 Å². The fraction of sp³-hybridized carbons (Fsp3) is 0.111. The number of nitrogens with two attached hydrogens (primary N) is 1. The van der Waals surface area contributed by atoms with E-state index in [0.717, 1.165) is 0 Å². The largest absolute Gasteiger partial charge is 0.327 e. The maximum atomic E-state index is 13.1. The van der Waals surface area contributed by atoms with E-state index in [1.54, 1.807) is 0 Å². The highest BCUT2D eigenvalue weighted by Gasteiger charge is 2.06. The van der Waals surface area contributed by atoms with Crippen LogP contribution in [0.2, 0.25) is 0 Å². The van der Waals surface area contributed by atoms with Gasteiger partial charge in [0.05, 0.1) is 0 Å². The molecule has 0 saturated heterocycles. The first-order valence-electron chi connectivity index (χ1n) is 3.66. The van der Waals surface area contributed by atoms with Crippen molar-refractivity contribution in [3.63, 3.8) is 0 Å². The average Bonchev–Trinajstić information content (AvgIpc) is 2.02. The average molecular weight is 248 g/mol. The second-order valence-corrected chi connectivity index (χ2v) is 3.34. The zero-order valence-electron chi connectivity index (χ0n) is 6.73. The van der Waals surface area contributed by atoms with Crippen LogP contribution in [0, 0.1) is 11.6 Å². The van der Waals surface area contributed by atoms with E-state index in [1.165, 1.54) is 24.3 Å². The Balaban J connectivity index is 3.13. The second kappa shape index (κ2) is 4.48. The van der Waals surface area contributed by atoms with Crippen molar-refractivity contribution in [3.8, 4) is 0 Å². The maximum absolute atomic E-state index is 13.1. The van der Waals surface area contributed by atoms with Crippen molar-refractivity contribution in [2.75, 3.05) is 6.54 Å². The van der Waals surface area contributed by atoms with Crippen LogP contribution in [0.15, 0.2) is 22.7 Å². The summed E-state index contributed by atoms with van der Waals surface area (Å²) in [5.41, 5.74) is 5.10. The summed E-state index contributed by atoms with van der Waals surface area (Å²) in [6.07, 6.45) is 2.83. The van der Waals surface area contributed by atoms with Crippen LogP contribution in [0.5, 0.6) is 0 Å². The number of benzene rings is 1. The number of halogens is 3. The summed E-state index contributed by atoms with van der Waals surface area (Å²) < 4.78 is 26.5. The van der Waals surface area contributed by atoms with Gasteiger partial charge in [-0.05, 0) is 12.1 Å². The molecule has 0 unspecified atom stereocenters. The van der Waals surface area contributed by atoms with Crippen LogP contribution in [0.25, 0.3) is 6.08 Å². The third-order valence-electron chi connectivity index (χ3n) is 1.46. The van der Waals surface area contributed by atoms with Crippen molar-refractivity contribution < 1.29 is 8.78 Å². The molecule has 1 aromatic carbocycles. The highest BCUT2D eigenvalue weighted by atomic mass is 79.9. The molecule has 0 heterocycles. The van der Waals surface area contributed by atoms with Crippen molar-refractivity contribution >= 4 is 22.0 Å². The van der Waals surface area contributed by atoms with Gasteiger partial charge in [0.25, 0.3) is 0 Å². The van der Waals surface area contributed by atoms with Gasteiger partial charge in [0.1, 0.15) is 11.6 Å². The molecule has 0 bridgehead atoms. The zero-order chi connectivity index (χ0) is 9.84. The Labute approximate surface area is 83.4 Å². The first kappa shape index (κ1) is 10.3. The molecule has 0 saturated carbocycles. The van der Waals surface area contributed by atoms with Gasteiger partial charge in [-0.1, -0.05) is 28.1 Å². The molecule has 13 heavy (non-hydrogen) atoms. The minimum atomic E-state index is -0.600. The predicted molar refractivity (Wildman–Crippen MR) is 52.1 cm³/mol. The Hall–Kier alpha value is -0.740. The monoisotopic (exact) mass is 247 g/mol. The molecule has 1 aromatic rings. The van der Waals surface area contributed by atoms with Gasteiger partial charge in [0, 0.05) is 16.6 Å². The lowest BCUT2D eigenvalue weighted by Crippen LogP contribution is -1.94. The lowest BCUT2D eigenvalue weighted by atomic mass is 10.2. The summed E-state index contributed by atoms with van der Waals surface area (Å²) in [6.45, 7) is 0.259. The highest BCUT2D eigenvalue weighted by molar-refractivity contribution is 9.10. The van der Waals surface area contributed by atoms with Gasteiger partial charge in [0.2, 0.25) is 0 Å². The summed E-state index contributed by atoms with van der Waals surface area (Å²) >= 11 is 2.99. The normalized spacial score (nSPS) is 11.1. The third kappa shape index (κ3) is 2.60. The quantitative estimate of drug-likeness (QED) is 0.855. The molecule has 70 valence electrons. The smallest absolute Gasteiger partial charge is 0.134 e. The predicted octanol–water partition coefficient (Wildman–Crippen LogP) is 2.70. The van der Waals surface area contributed by atoms with Gasteiger partial charge in [-0.2, -0.15) is 0 Å². The second-order valence-electron chi connectivity index (χ2n) is 2.42. The summed E-state index contributed by atoms with van der Waals surface area (Å²) in [6, 6.07) is 2.42. The topological polar surface area (TPSA) is 26.0 Å². The van der Waals surface area contributed by atoms with Crippen LogP contribution < -0.4 is 5.73 Å². The Morgan fingerprint density at radius 1 is 1.31 bits per heavy atom. The fourth-order valence-corrected chi connectivity index (χ4v) is 1.30. The van der Waals surface area contributed by atoms with Gasteiger partial charge >= 0.3 is 0 Å². The lowest BCUT2D eigenvalue weighted by Gasteiger charge is -1.99. The van der Waals surface area contributed by atoms with Gasteiger partial charge in [-0.3, -0.25) is 0 Å². The van der Waals surface area contributed by atoms with Crippen molar-refractivity contribution in [3.05, 3.63) is 39.9 Å². The first-order chi connectivity index (χ1) is 6.15. The summed E-state index contributed by atoms with van der Waals surface area (Å²) in [5, 5.41) is 0. The third-order valence-corrected chi connectivity index (χ3v) is 1.92. The lowest BCUT2D eigenvalue weighted by molar-refractivity contribution is 0.577. The molecule has 0 aliphatic rings. The number of rotatable bonds is 2. The molecule has 0 spiro atoms. The Morgan fingerprint density at radius 3 is 2.31 bits per heavy atom. The van der Waals surface area contributed by atoms with E-state index in [2.05, 4.69) is 15.9 Å². The van der Waals surface area contributed by atoms with Crippen LogP contribution in [-0.2, 0) is 0 Å². The molecular weight excluding hydrogens is 240 g/mol. The molecule has 2 N–H and O–H groups in total. The minimum Gasteiger partial charge on any atom is -0.327 e. The van der Waals surface area contributed by atoms with Gasteiger partial charge in [-0.25, -0.2) is 8.78 Å². The van der Waals surface area contributed by atoms with Crippen LogP contribution in [0.1, 0.15) is 5.56 Å². The molecule has 0 atom stereocenters. The van der Waals surface area contributed by atoms with Gasteiger partial charge in [0.15, 0.2) is 0 Å². The van der Waals surface area contributed by atoms with Gasteiger partial charge in [-0.15, -0.1) is 0 Å². The van der Waals surface area contributed by atoms with Crippen molar-refractivity contribution in [1.82, 2.24) is 0 Å². The molecule has 0 fully saturated rings. The first-order valence-corrected chi connectivity index (χ1v) is 4.45. The van der Waals surface area contributed by atoms with Crippen molar-refractivity contribution in [2.45, 2.75) is 0 Å². The van der Waals surface area contributed by atoms with Crippen molar-refractivity contribution in [2.24, 2.45) is 5.73 Å². The Bertz CT molecular complexity index is 313. The molecule has 0 aliphatic carbocycles. The molecule has 1 nitrogen and oxygen atoms in total. The highest BCUT2D eigenvalue weighted by Crippen LogP contribution is 2.20. The molecular formula is C9H8BrF2N. The van der Waals surface area contributed by atoms with Crippen LogP contribution in [0.3, 0.4) is 0 Å². The molecule has 0 radical (unpaired) electrons. The van der Waals surface area contributed by atoms with E-state index in [9.17, 15) is 8.78 Å². The SMILES string of the molecule is NCC=Cc1c(F)cc(Br)cc1F. The van der Waals surface area contributed by atoms with E-state index < -0.39 is 11.6 Å². The van der Waals surface area contributed by atoms with Crippen LogP contribution in [0.4, 0.5) is 8.78 Å². The molecule has 0 aromatic heterocycles. The Morgan fingerprint density at radius 2 is 1.85 bits per heavy atom. The molecule has 1 rings (SSSR count). The van der Waals surface area contributed by atoms with E-state index in [0.29, 0.717) is 4.47 Å². The molecule has 0 amide bonds. The van der Waals surface area contributed by atoms with E-state index in [-0.39, 0.29) is 12.1 Å². The zero-order valence-corrected chi connectivity index (χ0v) is 8.31. The number of hydrogen-bond acceptors (Lipinski definition) is 1. The summed E-state index contributed by atoms with van der Waals surface area (Å²) in [5.74, 6) is -1.20. The molecule has 0 aliphatic heterocycles. The van der Waals surface area contributed by atoms with Crippen LogP contribution >= 0.6 is 15.9 Å². The Kier molecular flexibility index (Phi) is 3.57.